The normalized spacial score (nSPS) is 15.9. The summed E-state index contributed by atoms with van der Waals surface area (Å²) < 4.78 is 0. The van der Waals surface area contributed by atoms with E-state index in [0.29, 0.717) is 12.0 Å². The Kier molecular flexibility index (Phi) is 3.66. The molecule has 0 unspecified atom stereocenters. The molecule has 0 N–H and O–H groups in total. The summed E-state index contributed by atoms with van der Waals surface area (Å²) in [5, 5.41) is 10.6. The van der Waals surface area contributed by atoms with E-state index >= 15 is 0 Å². The van der Waals surface area contributed by atoms with E-state index in [9.17, 15) is 14.9 Å². The first-order valence-corrected chi connectivity index (χ1v) is 6.89. The minimum Gasteiger partial charge on any atom is -0.290 e. The molecule has 0 bridgehead atoms. The van der Waals surface area contributed by atoms with Gasteiger partial charge in [-0.25, -0.2) is 0 Å². The van der Waals surface area contributed by atoms with Crippen LogP contribution in [0.15, 0.2) is 66.2 Å². The van der Waals surface area contributed by atoms with Crippen molar-refractivity contribution in [2.75, 3.05) is 0 Å². The summed E-state index contributed by atoms with van der Waals surface area (Å²) in [6.07, 6.45) is 4.03. The Morgan fingerprint density at radius 1 is 1.00 bits per heavy atom. The lowest BCUT2D eigenvalue weighted by Crippen LogP contribution is -1.91. The monoisotopic (exact) mass is 291 g/mol. The van der Waals surface area contributed by atoms with Crippen LogP contribution in [0.2, 0.25) is 0 Å². The van der Waals surface area contributed by atoms with Crippen LogP contribution < -0.4 is 0 Å². The molecule has 0 spiro atoms. The van der Waals surface area contributed by atoms with Crippen LogP contribution in [0.4, 0.5) is 5.69 Å². The minimum absolute atomic E-state index is 0.00259. The number of carbonyl (C=O) groups is 1. The van der Waals surface area contributed by atoms with Gasteiger partial charge in [-0.2, -0.15) is 0 Å². The van der Waals surface area contributed by atoms with Gasteiger partial charge in [-0.3, -0.25) is 14.9 Å². The molecule has 1 aliphatic rings. The Balaban J connectivity index is 1.82. The summed E-state index contributed by atoms with van der Waals surface area (Å²) in [6.45, 7) is 0. The van der Waals surface area contributed by atoms with Crippen molar-refractivity contribution < 1.29 is 9.72 Å². The van der Waals surface area contributed by atoms with E-state index in [1.807, 2.05) is 30.3 Å². The average molecular weight is 291 g/mol. The molecule has 1 aliphatic carbocycles. The van der Waals surface area contributed by atoms with E-state index < -0.39 is 4.92 Å². The third-order valence-electron chi connectivity index (χ3n) is 3.59. The van der Waals surface area contributed by atoms with E-state index in [-0.39, 0.29) is 11.5 Å². The standard InChI is InChI=1S/C18H13NO3/c20-18-12-15(14-4-2-1-3-5-14)11-16(18)10-13-6-8-17(9-7-13)19(21)22/h1-10,12H,11H2/b16-10+. The van der Waals surface area contributed by atoms with Crippen LogP contribution in [0, 0.1) is 10.1 Å². The van der Waals surface area contributed by atoms with Gasteiger partial charge in [0, 0.05) is 24.1 Å². The maximum absolute atomic E-state index is 12.1. The fourth-order valence-corrected chi connectivity index (χ4v) is 2.45. The minimum atomic E-state index is -0.438. The number of nitrogens with zero attached hydrogens (tertiary/aromatic N) is 1. The summed E-state index contributed by atoms with van der Waals surface area (Å²) in [5.41, 5.74) is 3.58. The molecule has 0 heterocycles. The van der Waals surface area contributed by atoms with Crippen LogP contribution in [0.5, 0.6) is 0 Å². The lowest BCUT2D eigenvalue weighted by molar-refractivity contribution is -0.384. The molecule has 2 aromatic carbocycles. The van der Waals surface area contributed by atoms with E-state index in [0.717, 1.165) is 16.7 Å². The first-order chi connectivity index (χ1) is 10.6. The van der Waals surface area contributed by atoms with Gasteiger partial charge in [0.05, 0.1) is 4.92 Å². The Hall–Kier alpha value is -3.01. The highest BCUT2D eigenvalue weighted by Gasteiger charge is 2.19. The fourth-order valence-electron chi connectivity index (χ4n) is 2.45. The molecule has 0 saturated heterocycles. The molecule has 3 rings (SSSR count). The molecule has 0 fully saturated rings. The van der Waals surface area contributed by atoms with Gasteiger partial charge in [-0.05, 0) is 41.0 Å². The van der Waals surface area contributed by atoms with Gasteiger partial charge >= 0.3 is 0 Å². The number of hydrogen-bond acceptors (Lipinski definition) is 3. The zero-order valence-electron chi connectivity index (χ0n) is 11.7. The largest absolute Gasteiger partial charge is 0.290 e. The smallest absolute Gasteiger partial charge is 0.269 e. The molecular weight excluding hydrogens is 278 g/mol. The predicted molar refractivity (Wildman–Crippen MR) is 85.1 cm³/mol. The Morgan fingerprint density at radius 3 is 2.32 bits per heavy atom. The van der Waals surface area contributed by atoms with Crippen LogP contribution in [-0.4, -0.2) is 10.7 Å². The first kappa shape index (κ1) is 13.9. The van der Waals surface area contributed by atoms with Crippen LogP contribution in [0.3, 0.4) is 0 Å². The molecule has 4 nitrogen and oxygen atoms in total. The SMILES string of the molecule is O=C1C=C(c2ccccc2)C/C1=C\c1ccc([N+](=O)[O-])cc1. The summed E-state index contributed by atoms with van der Waals surface area (Å²) in [4.78, 5) is 22.3. The molecule has 0 aliphatic heterocycles. The predicted octanol–water partition coefficient (Wildman–Crippen LogP) is 4.03. The lowest BCUT2D eigenvalue weighted by Gasteiger charge is -2.01. The van der Waals surface area contributed by atoms with Gasteiger partial charge in [0.1, 0.15) is 0 Å². The van der Waals surface area contributed by atoms with Crippen molar-refractivity contribution in [2.24, 2.45) is 0 Å². The number of allylic oxidation sites excluding steroid dienone is 3. The Morgan fingerprint density at radius 2 is 1.68 bits per heavy atom. The number of non-ortho nitro benzene ring substituents is 1. The topological polar surface area (TPSA) is 60.2 Å². The Bertz CT molecular complexity index is 787. The Labute approximate surface area is 127 Å². The zero-order valence-corrected chi connectivity index (χ0v) is 11.7. The first-order valence-electron chi connectivity index (χ1n) is 6.89. The second kappa shape index (κ2) is 5.77. The number of carbonyl (C=O) groups excluding carboxylic acids is 1. The molecular formula is C18H13NO3. The third-order valence-corrected chi connectivity index (χ3v) is 3.59. The molecule has 0 amide bonds. The van der Waals surface area contributed by atoms with Crippen molar-refractivity contribution >= 4 is 23.1 Å². The van der Waals surface area contributed by atoms with E-state index in [1.54, 1.807) is 24.3 Å². The lowest BCUT2D eigenvalue weighted by atomic mass is 10.0. The van der Waals surface area contributed by atoms with Gasteiger partial charge in [-0.1, -0.05) is 30.3 Å². The fraction of sp³-hybridized carbons (Fsp3) is 0.0556. The maximum atomic E-state index is 12.1. The van der Waals surface area contributed by atoms with Crippen LogP contribution in [-0.2, 0) is 4.79 Å². The van der Waals surface area contributed by atoms with Crippen molar-refractivity contribution in [3.8, 4) is 0 Å². The summed E-state index contributed by atoms with van der Waals surface area (Å²) in [7, 11) is 0. The second-order valence-electron chi connectivity index (χ2n) is 5.09. The van der Waals surface area contributed by atoms with Crippen molar-refractivity contribution in [1.29, 1.82) is 0 Å². The van der Waals surface area contributed by atoms with Crippen LogP contribution >= 0.6 is 0 Å². The highest BCUT2D eigenvalue weighted by Crippen LogP contribution is 2.30. The van der Waals surface area contributed by atoms with Crippen LogP contribution in [0.1, 0.15) is 17.5 Å². The summed E-state index contributed by atoms with van der Waals surface area (Å²) in [5.74, 6) is -0.00259. The van der Waals surface area contributed by atoms with E-state index in [1.165, 1.54) is 12.1 Å². The highest BCUT2D eigenvalue weighted by atomic mass is 16.6. The molecule has 2 aromatic rings. The molecule has 4 heteroatoms. The molecule has 0 saturated carbocycles. The second-order valence-corrected chi connectivity index (χ2v) is 5.09. The van der Waals surface area contributed by atoms with Crippen LogP contribution in [0.25, 0.3) is 11.6 Å². The van der Waals surface area contributed by atoms with Gasteiger partial charge in [-0.15, -0.1) is 0 Å². The van der Waals surface area contributed by atoms with Gasteiger partial charge in [0.15, 0.2) is 5.78 Å². The maximum Gasteiger partial charge on any atom is 0.269 e. The number of rotatable bonds is 3. The van der Waals surface area contributed by atoms with Gasteiger partial charge < -0.3 is 0 Å². The quantitative estimate of drug-likeness (QED) is 0.487. The third kappa shape index (κ3) is 2.86. The van der Waals surface area contributed by atoms with E-state index in [4.69, 9.17) is 0 Å². The van der Waals surface area contributed by atoms with E-state index in [2.05, 4.69) is 0 Å². The molecule has 0 aromatic heterocycles. The molecule has 0 radical (unpaired) electrons. The number of ketones is 1. The average Bonchev–Trinajstić information content (AvgIpc) is 2.90. The highest BCUT2D eigenvalue weighted by molar-refractivity contribution is 6.16. The van der Waals surface area contributed by atoms with Crippen molar-refractivity contribution in [3.05, 3.63) is 87.5 Å². The van der Waals surface area contributed by atoms with Crippen molar-refractivity contribution in [3.63, 3.8) is 0 Å². The van der Waals surface area contributed by atoms with Gasteiger partial charge in [0.2, 0.25) is 0 Å². The molecule has 22 heavy (non-hydrogen) atoms. The number of hydrogen-bond donors (Lipinski definition) is 0. The van der Waals surface area contributed by atoms with Crippen molar-refractivity contribution in [1.82, 2.24) is 0 Å². The number of benzene rings is 2. The number of nitro benzene ring substituents is 1. The number of nitro groups is 1. The summed E-state index contributed by atoms with van der Waals surface area (Å²) >= 11 is 0. The van der Waals surface area contributed by atoms with Crippen molar-refractivity contribution in [2.45, 2.75) is 6.42 Å². The zero-order chi connectivity index (χ0) is 15.5. The molecule has 0 atom stereocenters. The molecule has 108 valence electrons. The summed E-state index contributed by atoms with van der Waals surface area (Å²) in [6, 6.07) is 16.0. The van der Waals surface area contributed by atoms with Gasteiger partial charge in [0.25, 0.3) is 5.69 Å².